The van der Waals surface area contributed by atoms with Crippen LogP contribution in [-0.4, -0.2) is 24.1 Å². The van der Waals surface area contributed by atoms with Gasteiger partial charge in [-0.1, -0.05) is 6.07 Å². The molecule has 0 atom stereocenters. The second kappa shape index (κ2) is 5.88. The number of halogens is 1. The zero-order valence-corrected chi connectivity index (χ0v) is 12.6. The third-order valence-electron chi connectivity index (χ3n) is 2.62. The molecule has 0 radical (unpaired) electrons. The lowest BCUT2D eigenvalue weighted by Crippen LogP contribution is -2.03. The van der Waals surface area contributed by atoms with Gasteiger partial charge in [-0.2, -0.15) is 0 Å². The first kappa shape index (κ1) is 13.6. The van der Waals surface area contributed by atoms with Crippen molar-refractivity contribution in [1.29, 1.82) is 0 Å². The van der Waals surface area contributed by atoms with Crippen LogP contribution in [0.2, 0.25) is 0 Å². The first-order chi connectivity index (χ1) is 9.15. The maximum Gasteiger partial charge on any atom is 0.204 e. The molecule has 5 nitrogen and oxygen atoms in total. The van der Waals surface area contributed by atoms with Crippen molar-refractivity contribution in [3.8, 4) is 5.75 Å². The average Bonchev–Trinajstić information content (AvgIpc) is 2.42. The molecule has 0 fully saturated rings. The van der Waals surface area contributed by atoms with Crippen LogP contribution in [0.1, 0.15) is 5.56 Å². The van der Waals surface area contributed by atoms with E-state index in [1.165, 1.54) is 6.33 Å². The van der Waals surface area contributed by atoms with E-state index in [4.69, 9.17) is 4.74 Å². The molecule has 0 bridgehead atoms. The lowest BCUT2D eigenvalue weighted by atomic mass is 10.2. The lowest BCUT2D eigenvalue weighted by molar-refractivity contribution is 0.415. The standard InChI is InChI=1S/C13H15BrN4O/c1-8-4-5-9(14)10(6-8)18-13-11(19-3)12(15-2)16-7-17-13/h4-7H,1-3H3,(H2,15,16,17,18). The summed E-state index contributed by atoms with van der Waals surface area (Å²) in [5.41, 5.74) is 2.09. The van der Waals surface area contributed by atoms with Crippen LogP contribution in [0.15, 0.2) is 29.0 Å². The van der Waals surface area contributed by atoms with E-state index in [1.807, 2.05) is 25.1 Å². The number of aromatic nitrogens is 2. The molecule has 0 aliphatic rings. The van der Waals surface area contributed by atoms with Crippen LogP contribution in [0.5, 0.6) is 5.75 Å². The average molecular weight is 323 g/mol. The third kappa shape index (κ3) is 2.96. The fourth-order valence-corrected chi connectivity index (χ4v) is 2.04. The van der Waals surface area contributed by atoms with E-state index in [2.05, 4.69) is 36.5 Å². The highest BCUT2D eigenvalue weighted by Gasteiger charge is 2.12. The molecule has 0 spiro atoms. The first-order valence-corrected chi connectivity index (χ1v) is 6.55. The van der Waals surface area contributed by atoms with Crippen LogP contribution in [0.4, 0.5) is 17.3 Å². The van der Waals surface area contributed by atoms with Crippen LogP contribution in [-0.2, 0) is 0 Å². The molecule has 19 heavy (non-hydrogen) atoms. The van der Waals surface area contributed by atoms with Gasteiger partial charge < -0.3 is 15.4 Å². The Morgan fingerprint density at radius 1 is 1.21 bits per heavy atom. The van der Waals surface area contributed by atoms with Crippen molar-refractivity contribution in [2.24, 2.45) is 0 Å². The summed E-state index contributed by atoms with van der Waals surface area (Å²) in [6.07, 6.45) is 1.49. The van der Waals surface area contributed by atoms with Crippen molar-refractivity contribution in [1.82, 2.24) is 9.97 Å². The molecule has 1 aromatic heterocycles. The molecular formula is C13H15BrN4O. The van der Waals surface area contributed by atoms with E-state index in [9.17, 15) is 0 Å². The van der Waals surface area contributed by atoms with Gasteiger partial charge in [0, 0.05) is 11.5 Å². The predicted octanol–water partition coefficient (Wildman–Crippen LogP) is 3.34. The van der Waals surface area contributed by atoms with Crippen molar-refractivity contribution in [3.05, 3.63) is 34.6 Å². The Morgan fingerprint density at radius 3 is 2.63 bits per heavy atom. The van der Waals surface area contributed by atoms with Crippen LogP contribution in [0.25, 0.3) is 0 Å². The van der Waals surface area contributed by atoms with Crippen molar-refractivity contribution >= 4 is 33.3 Å². The third-order valence-corrected chi connectivity index (χ3v) is 3.31. The molecule has 2 rings (SSSR count). The van der Waals surface area contributed by atoms with E-state index in [0.717, 1.165) is 15.7 Å². The normalized spacial score (nSPS) is 10.1. The van der Waals surface area contributed by atoms with Gasteiger partial charge in [-0.25, -0.2) is 9.97 Å². The molecule has 0 saturated carbocycles. The largest absolute Gasteiger partial charge is 0.490 e. The number of nitrogens with zero attached hydrogens (tertiary/aromatic N) is 2. The fraction of sp³-hybridized carbons (Fsp3) is 0.231. The molecule has 1 aromatic carbocycles. The van der Waals surface area contributed by atoms with Gasteiger partial charge in [0.25, 0.3) is 0 Å². The Kier molecular flexibility index (Phi) is 4.21. The lowest BCUT2D eigenvalue weighted by Gasteiger charge is -2.14. The molecule has 0 saturated heterocycles. The Hall–Kier alpha value is -1.82. The van der Waals surface area contributed by atoms with Gasteiger partial charge in [0.1, 0.15) is 6.33 Å². The van der Waals surface area contributed by atoms with E-state index < -0.39 is 0 Å². The molecule has 1 heterocycles. The monoisotopic (exact) mass is 322 g/mol. The molecule has 0 unspecified atom stereocenters. The number of hydrogen-bond acceptors (Lipinski definition) is 5. The molecule has 0 aliphatic heterocycles. The van der Waals surface area contributed by atoms with Gasteiger partial charge in [0.05, 0.1) is 12.8 Å². The Balaban J connectivity index is 2.40. The minimum absolute atomic E-state index is 0.582. The smallest absolute Gasteiger partial charge is 0.204 e. The van der Waals surface area contributed by atoms with E-state index in [0.29, 0.717) is 17.4 Å². The SMILES string of the molecule is CNc1ncnc(Nc2cc(C)ccc2Br)c1OC. The van der Waals surface area contributed by atoms with Crippen molar-refractivity contribution in [2.75, 3.05) is 24.8 Å². The summed E-state index contributed by atoms with van der Waals surface area (Å²) in [7, 11) is 3.38. The molecule has 2 aromatic rings. The first-order valence-electron chi connectivity index (χ1n) is 5.75. The molecular weight excluding hydrogens is 308 g/mol. The number of methoxy groups -OCH3 is 1. The van der Waals surface area contributed by atoms with Crippen molar-refractivity contribution in [2.45, 2.75) is 6.92 Å². The number of nitrogens with one attached hydrogen (secondary N) is 2. The summed E-state index contributed by atoms with van der Waals surface area (Å²) in [4.78, 5) is 8.33. The summed E-state index contributed by atoms with van der Waals surface area (Å²) in [5.74, 6) is 1.84. The van der Waals surface area contributed by atoms with Crippen LogP contribution < -0.4 is 15.4 Å². The zero-order chi connectivity index (χ0) is 13.8. The predicted molar refractivity (Wildman–Crippen MR) is 80.3 cm³/mol. The second-order valence-corrected chi connectivity index (χ2v) is 4.82. The molecule has 2 N–H and O–H groups in total. The topological polar surface area (TPSA) is 59.1 Å². The molecule has 0 aliphatic carbocycles. The van der Waals surface area contributed by atoms with Crippen LogP contribution in [0.3, 0.4) is 0 Å². The second-order valence-electron chi connectivity index (χ2n) is 3.96. The zero-order valence-electron chi connectivity index (χ0n) is 11.0. The highest BCUT2D eigenvalue weighted by Crippen LogP contribution is 2.33. The Bertz CT molecular complexity index is 589. The van der Waals surface area contributed by atoms with Gasteiger partial charge in [0.15, 0.2) is 11.6 Å². The van der Waals surface area contributed by atoms with Gasteiger partial charge >= 0.3 is 0 Å². The fourth-order valence-electron chi connectivity index (χ4n) is 1.70. The summed E-state index contributed by atoms with van der Waals surface area (Å²) < 4.78 is 6.31. The number of hydrogen-bond donors (Lipinski definition) is 2. The molecule has 6 heteroatoms. The van der Waals surface area contributed by atoms with Crippen molar-refractivity contribution < 1.29 is 4.74 Å². The minimum Gasteiger partial charge on any atom is -0.490 e. The van der Waals surface area contributed by atoms with Gasteiger partial charge in [0.2, 0.25) is 5.75 Å². The number of anilines is 3. The van der Waals surface area contributed by atoms with Gasteiger partial charge in [-0.15, -0.1) is 0 Å². The Labute approximate surface area is 120 Å². The van der Waals surface area contributed by atoms with E-state index in [-0.39, 0.29) is 0 Å². The number of aryl methyl sites for hydroxylation is 1. The van der Waals surface area contributed by atoms with Gasteiger partial charge in [-0.3, -0.25) is 0 Å². The molecule has 0 amide bonds. The summed E-state index contributed by atoms with van der Waals surface area (Å²) >= 11 is 3.51. The van der Waals surface area contributed by atoms with Gasteiger partial charge in [-0.05, 0) is 40.5 Å². The number of rotatable bonds is 4. The maximum atomic E-state index is 5.34. The maximum absolute atomic E-state index is 5.34. The highest BCUT2D eigenvalue weighted by molar-refractivity contribution is 9.10. The highest BCUT2D eigenvalue weighted by atomic mass is 79.9. The van der Waals surface area contributed by atoms with Crippen LogP contribution in [0, 0.1) is 6.92 Å². The minimum atomic E-state index is 0.582. The summed E-state index contributed by atoms with van der Waals surface area (Å²) in [6.45, 7) is 2.04. The van der Waals surface area contributed by atoms with Crippen molar-refractivity contribution in [3.63, 3.8) is 0 Å². The Morgan fingerprint density at radius 2 is 1.95 bits per heavy atom. The number of ether oxygens (including phenoxy) is 1. The van der Waals surface area contributed by atoms with E-state index in [1.54, 1.807) is 14.2 Å². The number of benzene rings is 1. The molecule has 100 valence electrons. The van der Waals surface area contributed by atoms with E-state index >= 15 is 0 Å². The quantitative estimate of drug-likeness (QED) is 0.904. The summed E-state index contributed by atoms with van der Waals surface area (Å²) in [5, 5.41) is 6.22. The van der Waals surface area contributed by atoms with Crippen LogP contribution >= 0.6 is 15.9 Å². The summed E-state index contributed by atoms with van der Waals surface area (Å²) in [6, 6.07) is 6.06.